The Kier molecular flexibility index (Phi) is 4.08. The Bertz CT molecular complexity index is 1070. The fourth-order valence-corrected chi connectivity index (χ4v) is 3.27. The normalized spacial score (nSPS) is 17.0. The highest BCUT2D eigenvalue weighted by molar-refractivity contribution is 6.30. The van der Waals surface area contributed by atoms with Crippen molar-refractivity contribution in [2.75, 3.05) is 4.90 Å². The molecule has 1 unspecified atom stereocenters. The third-order valence-electron chi connectivity index (χ3n) is 4.22. The number of amides is 1. The van der Waals surface area contributed by atoms with Crippen LogP contribution >= 0.6 is 11.6 Å². The first-order chi connectivity index (χ1) is 13.0. The molecule has 4 rings (SSSR count). The summed E-state index contributed by atoms with van der Waals surface area (Å²) in [5, 5.41) is 14.8. The Hall–Kier alpha value is -3.32. The molecule has 27 heavy (non-hydrogen) atoms. The van der Waals surface area contributed by atoms with Gasteiger partial charge in [0.2, 0.25) is 5.78 Å². The second kappa shape index (κ2) is 6.44. The molecule has 0 saturated carbocycles. The lowest BCUT2D eigenvalue weighted by molar-refractivity contribution is -0.117. The van der Waals surface area contributed by atoms with Crippen LogP contribution in [0.1, 0.15) is 27.9 Å². The number of carbonyl (C=O) groups excluding carboxylic acids is 2. The number of aryl methyl sites for hydroxylation is 1. The Morgan fingerprint density at radius 3 is 2.70 bits per heavy atom. The third kappa shape index (κ3) is 2.82. The number of nitrogens with zero attached hydrogens (tertiary/aromatic N) is 2. The van der Waals surface area contributed by atoms with Crippen molar-refractivity contribution >= 4 is 29.1 Å². The predicted octanol–water partition coefficient (Wildman–Crippen LogP) is 4.01. The van der Waals surface area contributed by atoms with Crippen molar-refractivity contribution in [2.24, 2.45) is 0 Å². The van der Waals surface area contributed by atoms with Gasteiger partial charge in [-0.25, -0.2) is 0 Å². The maximum atomic E-state index is 12.9. The lowest BCUT2D eigenvalue weighted by Gasteiger charge is -2.24. The lowest BCUT2D eigenvalue weighted by Crippen LogP contribution is -2.31. The maximum Gasteiger partial charge on any atom is 0.295 e. The molecule has 0 saturated heterocycles. The standard InChI is InChI=1S/C19H13ClN2O5/c1-10-8-14(21-27-10)22-16(11-4-2-5-12(20)9-11)15(18(24)19(22)25)17(23)13-6-3-7-26-13/h2-9,16,24H,1H3. The van der Waals surface area contributed by atoms with Crippen LogP contribution in [0, 0.1) is 6.92 Å². The average Bonchev–Trinajstić information content (AvgIpc) is 3.36. The Morgan fingerprint density at radius 1 is 1.26 bits per heavy atom. The van der Waals surface area contributed by atoms with Crippen molar-refractivity contribution in [3.05, 3.63) is 82.2 Å². The minimum Gasteiger partial charge on any atom is -0.503 e. The van der Waals surface area contributed by atoms with E-state index in [1.54, 1.807) is 43.3 Å². The van der Waals surface area contributed by atoms with Crippen molar-refractivity contribution in [2.45, 2.75) is 13.0 Å². The van der Waals surface area contributed by atoms with Crippen LogP contribution in [-0.2, 0) is 4.79 Å². The zero-order valence-electron chi connectivity index (χ0n) is 14.0. The van der Waals surface area contributed by atoms with Gasteiger partial charge in [-0.1, -0.05) is 28.9 Å². The molecule has 0 bridgehead atoms. The van der Waals surface area contributed by atoms with Gasteiger partial charge in [-0.05, 0) is 36.8 Å². The Morgan fingerprint density at radius 2 is 2.07 bits per heavy atom. The first-order valence-electron chi connectivity index (χ1n) is 8.01. The second-order valence-corrected chi connectivity index (χ2v) is 6.43. The van der Waals surface area contributed by atoms with Crippen molar-refractivity contribution < 1.29 is 23.6 Å². The fraction of sp³-hybridized carbons (Fsp3) is 0.105. The van der Waals surface area contributed by atoms with Crippen molar-refractivity contribution in [1.29, 1.82) is 0 Å². The molecule has 2 aromatic heterocycles. The van der Waals surface area contributed by atoms with Crippen LogP contribution in [0.25, 0.3) is 0 Å². The molecule has 136 valence electrons. The molecule has 1 aromatic carbocycles. The van der Waals surface area contributed by atoms with Crippen LogP contribution in [-0.4, -0.2) is 22.0 Å². The largest absolute Gasteiger partial charge is 0.503 e. The van der Waals surface area contributed by atoms with E-state index in [-0.39, 0.29) is 17.2 Å². The van der Waals surface area contributed by atoms with Crippen molar-refractivity contribution in [3.63, 3.8) is 0 Å². The zero-order chi connectivity index (χ0) is 19.1. The monoisotopic (exact) mass is 384 g/mol. The van der Waals surface area contributed by atoms with Gasteiger partial charge in [0.15, 0.2) is 17.3 Å². The smallest absolute Gasteiger partial charge is 0.295 e. The van der Waals surface area contributed by atoms with E-state index in [2.05, 4.69) is 5.16 Å². The molecule has 0 aliphatic carbocycles. The number of hydrogen-bond acceptors (Lipinski definition) is 6. The van der Waals surface area contributed by atoms with Crippen LogP contribution in [0.3, 0.4) is 0 Å². The topological polar surface area (TPSA) is 96.8 Å². The van der Waals surface area contributed by atoms with E-state index in [4.69, 9.17) is 20.5 Å². The molecular formula is C19H13ClN2O5. The van der Waals surface area contributed by atoms with E-state index in [0.717, 1.165) is 0 Å². The average molecular weight is 385 g/mol. The number of carbonyl (C=O) groups is 2. The molecule has 7 nitrogen and oxygen atoms in total. The van der Waals surface area contributed by atoms with Gasteiger partial charge in [-0.2, -0.15) is 0 Å². The van der Waals surface area contributed by atoms with Crippen LogP contribution in [0.15, 0.2) is 69.0 Å². The highest BCUT2D eigenvalue weighted by Crippen LogP contribution is 2.42. The number of aliphatic hydroxyl groups is 1. The minimum atomic E-state index is -0.932. The number of rotatable bonds is 4. The van der Waals surface area contributed by atoms with Crippen LogP contribution in [0.4, 0.5) is 5.82 Å². The van der Waals surface area contributed by atoms with Crippen molar-refractivity contribution in [1.82, 2.24) is 5.16 Å². The second-order valence-electron chi connectivity index (χ2n) is 6.00. The number of furan rings is 1. The minimum absolute atomic E-state index is 0.00885. The molecule has 1 aliphatic rings. The Balaban J connectivity index is 1.89. The van der Waals surface area contributed by atoms with E-state index < -0.39 is 23.5 Å². The van der Waals surface area contributed by atoms with Gasteiger partial charge in [-0.3, -0.25) is 14.5 Å². The third-order valence-corrected chi connectivity index (χ3v) is 4.46. The number of halogens is 1. The first-order valence-corrected chi connectivity index (χ1v) is 8.39. The predicted molar refractivity (Wildman–Crippen MR) is 95.6 cm³/mol. The summed E-state index contributed by atoms with van der Waals surface area (Å²) in [7, 11) is 0. The molecule has 1 aliphatic heterocycles. The quantitative estimate of drug-likeness (QED) is 0.682. The summed E-state index contributed by atoms with van der Waals surface area (Å²) < 4.78 is 10.2. The summed E-state index contributed by atoms with van der Waals surface area (Å²) in [5.74, 6) is -1.36. The molecule has 1 N–H and O–H groups in total. The number of Topliss-reactive ketones (excluding diaryl/α,β-unsaturated/α-hetero) is 1. The number of aliphatic hydroxyl groups excluding tert-OH is 1. The number of aromatic nitrogens is 1. The zero-order valence-corrected chi connectivity index (χ0v) is 14.8. The molecule has 1 amide bonds. The van der Waals surface area contributed by atoms with E-state index >= 15 is 0 Å². The SMILES string of the molecule is Cc1cc(N2C(=O)C(O)=C(C(=O)c3ccco3)C2c2cccc(Cl)c2)no1. The molecule has 0 fully saturated rings. The van der Waals surface area contributed by atoms with E-state index in [0.29, 0.717) is 16.3 Å². The number of ketones is 1. The van der Waals surface area contributed by atoms with Crippen LogP contribution in [0.5, 0.6) is 0 Å². The van der Waals surface area contributed by atoms with Crippen molar-refractivity contribution in [3.8, 4) is 0 Å². The van der Waals surface area contributed by atoms with Gasteiger partial charge < -0.3 is 14.0 Å². The van der Waals surface area contributed by atoms with Crippen LogP contribution < -0.4 is 4.90 Å². The van der Waals surface area contributed by atoms with E-state index in [1.165, 1.54) is 17.2 Å². The molecule has 3 heterocycles. The maximum absolute atomic E-state index is 12.9. The summed E-state index contributed by atoms with van der Waals surface area (Å²) in [6.07, 6.45) is 1.34. The fourth-order valence-electron chi connectivity index (χ4n) is 3.07. The summed E-state index contributed by atoms with van der Waals surface area (Å²) in [6.45, 7) is 1.67. The summed E-state index contributed by atoms with van der Waals surface area (Å²) in [4.78, 5) is 26.9. The van der Waals surface area contributed by atoms with E-state index in [9.17, 15) is 14.7 Å². The molecule has 3 aromatic rings. The van der Waals surface area contributed by atoms with Gasteiger partial charge in [0.05, 0.1) is 17.9 Å². The number of hydrogen-bond donors (Lipinski definition) is 1. The lowest BCUT2D eigenvalue weighted by atomic mass is 9.95. The van der Waals surface area contributed by atoms with E-state index in [1.807, 2.05) is 0 Å². The van der Waals surface area contributed by atoms with Gasteiger partial charge in [0.1, 0.15) is 5.76 Å². The summed E-state index contributed by atoms with van der Waals surface area (Å²) >= 11 is 6.10. The molecule has 1 atom stereocenters. The number of benzene rings is 1. The van der Waals surface area contributed by atoms with Gasteiger partial charge in [0.25, 0.3) is 5.91 Å². The highest BCUT2D eigenvalue weighted by atomic mass is 35.5. The first kappa shape index (κ1) is 17.1. The molecule has 0 radical (unpaired) electrons. The summed E-state index contributed by atoms with van der Waals surface area (Å²) in [6, 6.07) is 10.3. The van der Waals surface area contributed by atoms with Gasteiger partial charge >= 0.3 is 0 Å². The van der Waals surface area contributed by atoms with Gasteiger partial charge in [-0.15, -0.1) is 0 Å². The van der Waals surface area contributed by atoms with Gasteiger partial charge in [0, 0.05) is 11.1 Å². The van der Waals surface area contributed by atoms with Crippen LogP contribution in [0.2, 0.25) is 5.02 Å². The summed E-state index contributed by atoms with van der Waals surface area (Å²) in [5.41, 5.74) is 0.424. The molecule has 0 spiro atoms. The number of anilines is 1. The molecular weight excluding hydrogens is 372 g/mol. The molecule has 8 heteroatoms. The highest BCUT2D eigenvalue weighted by Gasteiger charge is 2.46. The Labute approximate surface area is 158 Å².